The number of rotatable bonds is 4. The highest BCUT2D eigenvalue weighted by Gasteiger charge is 2.17. The number of aromatic nitrogens is 4. The SMILES string of the molecule is CN1CCC(CCn2c(-c3ccncc3)n[nH]c2=S)CC1. The van der Waals surface area contributed by atoms with Crippen LogP contribution in [-0.2, 0) is 6.54 Å². The van der Waals surface area contributed by atoms with Gasteiger partial charge in [-0.1, -0.05) is 0 Å². The summed E-state index contributed by atoms with van der Waals surface area (Å²) < 4.78 is 2.82. The highest BCUT2D eigenvalue weighted by Crippen LogP contribution is 2.22. The van der Waals surface area contributed by atoms with Gasteiger partial charge in [0.2, 0.25) is 0 Å². The Hall–Kier alpha value is -1.53. The summed E-state index contributed by atoms with van der Waals surface area (Å²) in [5.74, 6) is 1.71. The molecular formula is C15H21N5S. The molecule has 1 saturated heterocycles. The van der Waals surface area contributed by atoms with Crippen molar-refractivity contribution in [1.29, 1.82) is 0 Å². The number of hydrogen-bond donors (Lipinski definition) is 1. The number of aromatic amines is 1. The van der Waals surface area contributed by atoms with Crippen LogP contribution in [-0.4, -0.2) is 44.8 Å². The zero-order valence-electron chi connectivity index (χ0n) is 12.3. The van der Waals surface area contributed by atoms with Crippen LogP contribution in [0.15, 0.2) is 24.5 Å². The van der Waals surface area contributed by atoms with Crippen molar-refractivity contribution >= 4 is 12.2 Å². The zero-order chi connectivity index (χ0) is 14.7. The summed E-state index contributed by atoms with van der Waals surface area (Å²) in [6.07, 6.45) is 7.31. The zero-order valence-corrected chi connectivity index (χ0v) is 13.1. The van der Waals surface area contributed by atoms with E-state index in [0.717, 1.165) is 23.9 Å². The smallest absolute Gasteiger partial charge is 0.195 e. The fourth-order valence-corrected chi connectivity index (χ4v) is 3.13. The average molecular weight is 303 g/mol. The van der Waals surface area contributed by atoms with Crippen LogP contribution in [0.1, 0.15) is 19.3 Å². The predicted molar refractivity (Wildman–Crippen MR) is 85.5 cm³/mol. The second kappa shape index (κ2) is 6.49. The molecule has 2 aromatic heterocycles. The Labute approximate surface area is 130 Å². The lowest BCUT2D eigenvalue weighted by atomic mass is 9.94. The van der Waals surface area contributed by atoms with Crippen molar-refractivity contribution in [1.82, 2.24) is 24.6 Å². The number of H-pyrrole nitrogens is 1. The number of likely N-dealkylation sites (tertiary alicyclic amines) is 1. The molecule has 1 aliphatic heterocycles. The Balaban J connectivity index is 1.71. The van der Waals surface area contributed by atoms with E-state index in [4.69, 9.17) is 12.2 Å². The van der Waals surface area contributed by atoms with Crippen molar-refractivity contribution in [2.24, 2.45) is 5.92 Å². The number of pyridine rings is 1. The fourth-order valence-electron chi connectivity index (χ4n) is 2.91. The van der Waals surface area contributed by atoms with Crippen molar-refractivity contribution in [3.8, 4) is 11.4 Å². The molecule has 1 N–H and O–H groups in total. The van der Waals surface area contributed by atoms with Crippen LogP contribution in [0.2, 0.25) is 0 Å². The molecule has 0 unspecified atom stereocenters. The normalized spacial score (nSPS) is 17.2. The molecule has 112 valence electrons. The van der Waals surface area contributed by atoms with E-state index < -0.39 is 0 Å². The minimum atomic E-state index is 0.703. The standard InChI is InChI=1S/C15H21N5S/c1-19-9-4-12(5-10-19)6-11-20-14(17-18-15(20)21)13-2-7-16-8-3-13/h2-3,7-8,12H,4-6,9-11H2,1H3,(H,18,21). The van der Waals surface area contributed by atoms with Crippen LogP contribution in [0, 0.1) is 10.7 Å². The third kappa shape index (κ3) is 3.39. The summed E-state index contributed by atoms with van der Waals surface area (Å²) in [6, 6.07) is 3.94. The van der Waals surface area contributed by atoms with Gasteiger partial charge in [-0.2, -0.15) is 5.10 Å². The third-order valence-electron chi connectivity index (χ3n) is 4.30. The van der Waals surface area contributed by atoms with Gasteiger partial charge in [0.1, 0.15) is 0 Å². The van der Waals surface area contributed by atoms with Crippen LogP contribution in [0.25, 0.3) is 11.4 Å². The molecule has 0 aliphatic carbocycles. The van der Waals surface area contributed by atoms with E-state index in [-0.39, 0.29) is 0 Å². The minimum Gasteiger partial charge on any atom is -0.306 e. The first-order valence-electron chi connectivity index (χ1n) is 7.48. The minimum absolute atomic E-state index is 0.703. The lowest BCUT2D eigenvalue weighted by molar-refractivity contribution is 0.208. The van der Waals surface area contributed by atoms with Crippen molar-refractivity contribution < 1.29 is 0 Å². The largest absolute Gasteiger partial charge is 0.306 e. The van der Waals surface area contributed by atoms with Gasteiger partial charge in [-0.3, -0.25) is 10.1 Å². The second-order valence-electron chi connectivity index (χ2n) is 5.78. The Morgan fingerprint density at radius 2 is 2.00 bits per heavy atom. The first-order chi connectivity index (χ1) is 10.2. The van der Waals surface area contributed by atoms with Gasteiger partial charge in [-0.15, -0.1) is 0 Å². The van der Waals surface area contributed by atoms with Crippen molar-refractivity contribution in [2.75, 3.05) is 20.1 Å². The van der Waals surface area contributed by atoms with E-state index in [9.17, 15) is 0 Å². The average Bonchev–Trinajstić information content (AvgIpc) is 2.89. The first-order valence-corrected chi connectivity index (χ1v) is 7.89. The van der Waals surface area contributed by atoms with Crippen LogP contribution in [0.3, 0.4) is 0 Å². The molecule has 2 aromatic rings. The Bertz CT molecular complexity index is 625. The lowest BCUT2D eigenvalue weighted by Gasteiger charge is -2.29. The number of piperidine rings is 1. The first kappa shape index (κ1) is 14.4. The van der Waals surface area contributed by atoms with Gasteiger partial charge in [-0.05, 0) is 69.7 Å². The summed E-state index contributed by atoms with van der Waals surface area (Å²) in [5, 5.41) is 7.29. The maximum atomic E-state index is 5.38. The maximum absolute atomic E-state index is 5.38. The summed E-state index contributed by atoms with van der Waals surface area (Å²) >= 11 is 5.38. The summed E-state index contributed by atoms with van der Waals surface area (Å²) in [5.41, 5.74) is 1.06. The van der Waals surface area contributed by atoms with E-state index in [1.165, 1.54) is 32.4 Å². The molecule has 0 spiro atoms. The van der Waals surface area contributed by atoms with Gasteiger partial charge in [0.15, 0.2) is 10.6 Å². The van der Waals surface area contributed by atoms with Crippen LogP contribution in [0.5, 0.6) is 0 Å². The van der Waals surface area contributed by atoms with Gasteiger partial charge in [0, 0.05) is 24.5 Å². The van der Waals surface area contributed by atoms with Gasteiger partial charge >= 0.3 is 0 Å². The predicted octanol–water partition coefficient (Wildman–Crippen LogP) is 2.73. The van der Waals surface area contributed by atoms with Gasteiger partial charge < -0.3 is 9.47 Å². The number of nitrogens with one attached hydrogen (secondary N) is 1. The molecule has 0 bridgehead atoms. The monoisotopic (exact) mass is 303 g/mol. The van der Waals surface area contributed by atoms with Gasteiger partial charge in [0.05, 0.1) is 0 Å². The van der Waals surface area contributed by atoms with E-state index in [0.29, 0.717) is 4.77 Å². The lowest BCUT2D eigenvalue weighted by Crippen LogP contribution is -2.30. The third-order valence-corrected chi connectivity index (χ3v) is 4.61. The van der Waals surface area contributed by atoms with E-state index in [1.54, 1.807) is 12.4 Å². The molecule has 6 heteroatoms. The molecule has 1 fully saturated rings. The van der Waals surface area contributed by atoms with Crippen molar-refractivity contribution in [2.45, 2.75) is 25.8 Å². The topological polar surface area (TPSA) is 49.7 Å². The Morgan fingerprint density at radius 3 is 2.71 bits per heavy atom. The summed E-state index contributed by atoms with van der Waals surface area (Å²) in [6.45, 7) is 3.35. The summed E-state index contributed by atoms with van der Waals surface area (Å²) in [4.78, 5) is 6.46. The van der Waals surface area contributed by atoms with Gasteiger partial charge in [-0.25, -0.2) is 0 Å². The maximum Gasteiger partial charge on any atom is 0.195 e. The van der Waals surface area contributed by atoms with Crippen LogP contribution in [0.4, 0.5) is 0 Å². The Morgan fingerprint density at radius 1 is 1.29 bits per heavy atom. The summed E-state index contributed by atoms with van der Waals surface area (Å²) in [7, 11) is 2.20. The van der Waals surface area contributed by atoms with Gasteiger partial charge in [0.25, 0.3) is 0 Å². The quantitative estimate of drug-likeness (QED) is 0.882. The highest BCUT2D eigenvalue weighted by molar-refractivity contribution is 7.71. The fraction of sp³-hybridized carbons (Fsp3) is 0.533. The molecule has 0 radical (unpaired) electrons. The number of hydrogen-bond acceptors (Lipinski definition) is 4. The molecule has 3 heterocycles. The van der Waals surface area contributed by atoms with Crippen LogP contribution < -0.4 is 0 Å². The highest BCUT2D eigenvalue weighted by atomic mass is 32.1. The van der Waals surface area contributed by atoms with E-state index >= 15 is 0 Å². The van der Waals surface area contributed by atoms with E-state index in [1.807, 2.05) is 12.1 Å². The Kier molecular flexibility index (Phi) is 4.45. The molecule has 21 heavy (non-hydrogen) atoms. The molecular weight excluding hydrogens is 282 g/mol. The van der Waals surface area contributed by atoms with E-state index in [2.05, 4.69) is 31.7 Å². The molecule has 3 rings (SSSR count). The van der Waals surface area contributed by atoms with Crippen LogP contribution >= 0.6 is 12.2 Å². The molecule has 0 atom stereocenters. The molecule has 5 nitrogen and oxygen atoms in total. The molecule has 0 saturated carbocycles. The second-order valence-corrected chi connectivity index (χ2v) is 6.16. The molecule has 0 amide bonds. The van der Waals surface area contributed by atoms with Crippen molar-refractivity contribution in [3.05, 3.63) is 29.3 Å². The number of nitrogens with zero attached hydrogens (tertiary/aromatic N) is 4. The van der Waals surface area contributed by atoms with Crippen molar-refractivity contribution in [3.63, 3.8) is 0 Å². The molecule has 0 aromatic carbocycles. The molecule has 1 aliphatic rings.